The molecule has 0 aromatic heterocycles. The molecule has 2 bridgehead atoms. The monoisotopic (exact) mass is 593 g/mol. The number of methoxy groups -OCH3 is 1. The van der Waals surface area contributed by atoms with Crippen molar-refractivity contribution >= 4 is 23.7 Å². The van der Waals surface area contributed by atoms with E-state index < -0.39 is 94.6 Å². The third-order valence-electron chi connectivity index (χ3n) is 10.2. The fourth-order valence-corrected chi connectivity index (χ4v) is 8.73. The molecule has 1 spiro atoms. The van der Waals surface area contributed by atoms with Gasteiger partial charge in [-0.05, 0) is 51.0 Å². The summed E-state index contributed by atoms with van der Waals surface area (Å²) in [5, 5.41) is 34.8. The standard InChI is InChI=1S/C29H39NO12/c1-11(2)7-17(32)41-20-22-28-10-39-29(22,26(37)38-6)23(34)18(33)21(28)27(5)9-15(31)19(42-24(35)13(4)30)12(3)14(27)8-16(28)40-25(20)36/h7,13-14,16,18,20-23,25,33-34,36H,8-10,30H2,1-6H3/t13-,14-,16+,18+,20+,21?,22+,23-,25?,27-,28+,29-/m0/s1. The summed E-state index contributed by atoms with van der Waals surface area (Å²) in [6.45, 7) is 8.03. The molecule has 2 saturated carbocycles. The molecule has 5 rings (SSSR count). The Balaban J connectivity index is 1.69. The number of hydrogen-bond acceptors (Lipinski definition) is 13. The van der Waals surface area contributed by atoms with Crippen LogP contribution in [0.15, 0.2) is 23.0 Å². The molecule has 5 aliphatic rings. The molecule has 0 aromatic carbocycles. The topological polar surface area (TPSA) is 201 Å². The minimum atomic E-state index is -2.20. The van der Waals surface area contributed by atoms with Gasteiger partial charge < -0.3 is 44.7 Å². The van der Waals surface area contributed by atoms with Gasteiger partial charge in [-0.15, -0.1) is 0 Å². The van der Waals surface area contributed by atoms with Crippen molar-refractivity contribution in [1.82, 2.24) is 0 Å². The normalized spacial score (nSPS) is 44.4. The Morgan fingerprint density at radius 3 is 2.43 bits per heavy atom. The molecule has 2 heterocycles. The summed E-state index contributed by atoms with van der Waals surface area (Å²) in [6.07, 6.45) is -6.38. The first kappa shape index (κ1) is 30.8. The molecule has 0 amide bonds. The van der Waals surface area contributed by atoms with E-state index in [0.29, 0.717) is 11.1 Å². The van der Waals surface area contributed by atoms with Crippen molar-refractivity contribution in [3.05, 3.63) is 23.0 Å². The molecule has 0 radical (unpaired) electrons. The minimum absolute atomic E-state index is 0.130. The Morgan fingerprint density at radius 2 is 1.83 bits per heavy atom. The molecule has 2 unspecified atom stereocenters. The van der Waals surface area contributed by atoms with E-state index in [2.05, 4.69) is 0 Å². The first-order valence-corrected chi connectivity index (χ1v) is 14.1. The number of ketones is 1. The molecule has 2 aliphatic heterocycles. The van der Waals surface area contributed by atoms with Gasteiger partial charge in [0.1, 0.15) is 12.1 Å². The Labute approximate surface area is 242 Å². The van der Waals surface area contributed by atoms with E-state index in [1.807, 2.05) is 0 Å². The average molecular weight is 594 g/mol. The highest BCUT2D eigenvalue weighted by molar-refractivity contribution is 5.98. The molecule has 13 nitrogen and oxygen atoms in total. The van der Waals surface area contributed by atoms with E-state index in [4.69, 9.17) is 29.4 Å². The van der Waals surface area contributed by atoms with Crippen molar-refractivity contribution in [1.29, 1.82) is 0 Å². The van der Waals surface area contributed by atoms with Crippen LogP contribution in [-0.2, 0) is 42.9 Å². The van der Waals surface area contributed by atoms with Gasteiger partial charge in [-0.2, -0.15) is 0 Å². The smallest absolute Gasteiger partial charge is 0.341 e. The van der Waals surface area contributed by atoms with Crippen molar-refractivity contribution in [3.8, 4) is 0 Å². The van der Waals surface area contributed by atoms with E-state index in [1.54, 1.807) is 27.7 Å². The molecule has 3 aliphatic carbocycles. The lowest BCUT2D eigenvalue weighted by Gasteiger charge is -2.68. The summed E-state index contributed by atoms with van der Waals surface area (Å²) in [5.41, 5.74) is 2.16. The SMILES string of the molecule is COC(=O)[C@@]12OC[C@]34C([C@@H](O)[C@@H]1O)[C@@]1(C)CC(=O)C(OC(=O)[C@H](C)N)=C(C)[C@@H]1C[C@H]3OC(O)[C@H](OC(=O)C=C(C)C)[C@@H]24. The maximum atomic E-state index is 13.5. The zero-order chi connectivity index (χ0) is 31.1. The summed E-state index contributed by atoms with van der Waals surface area (Å²) in [6, 6.07) is -0.970. The number of hydrogen-bond donors (Lipinski definition) is 4. The van der Waals surface area contributed by atoms with Crippen molar-refractivity contribution < 1.29 is 58.2 Å². The lowest BCUT2D eigenvalue weighted by atomic mass is 9.38. The van der Waals surface area contributed by atoms with Gasteiger partial charge in [0.05, 0.1) is 31.8 Å². The minimum Gasteiger partial charge on any atom is -0.467 e. The molecule has 232 valence electrons. The zero-order valence-corrected chi connectivity index (χ0v) is 24.5. The van der Waals surface area contributed by atoms with Crippen LogP contribution in [0.4, 0.5) is 0 Å². The second kappa shape index (κ2) is 10.2. The van der Waals surface area contributed by atoms with E-state index >= 15 is 0 Å². The van der Waals surface area contributed by atoms with Gasteiger partial charge in [-0.1, -0.05) is 12.5 Å². The van der Waals surface area contributed by atoms with Crippen molar-refractivity contribution in [2.45, 2.75) is 89.8 Å². The number of rotatable bonds is 5. The number of carbonyl (C=O) groups excluding carboxylic acids is 4. The van der Waals surface area contributed by atoms with Crippen LogP contribution >= 0.6 is 0 Å². The molecule has 5 N–H and O–H groups in total. The highest BCUT2D eigenvalue weighted by Gasteiger charge is 2.84. The van der Waals surface area contributed by atoms with E-state index in [-0.39, 0.29) is 25.2 Å². The second-order valence-corrected chi connectivity index (χ2v) is 12.8. The van der Waals surface area contributed by atoms with E-state index in [0.717, 1.165) is 7.11 Å². The van der Waals surface area contributed by atoms with Gasteiger partial charge in [0.2, 0.25) is 5.60 Å². The van der Waals surface area contributed by atoms with E-state index in [1.165, 1.54) is 13.0 Å². The van der Waals surface area contributed by atoms with Crippen molar-refractivity contribution in [2.24, 2.45) is 34.3 Å². The number of nitrogens with two attached hydrogens (primary N) is 1. The Kier molecular flexibility index (Phi) is 7.48. The summed E-state index contributed by atoms with van der Waals surface area (Å²) >= 11 is 0. The number of ether oxygens (including phenoxy) is 5. The van der Waals surface area contributed by atoms with E-state index in [9.17, 15) is 34.5 Å². The Hall–Kier alpha value is -2.68. The van der Waals surface area contributed by atoms with Crippen LogP contribution in [0, 0.1) is 28.6 Å². The molecular weight excluding hydrogens is 554 g/mol. The van der Waals surface area contributed by atoms with Gasteiger partial charge in [-0.25, -0.2) is 14.4 Å². The molecular formula is C29H39NO12. The molecule has 4 fully saturated rings. The summed E-state index contributed by atoms with van der Waals surface area (Å²) in [4.78, 5) is 52.1. The fraction of sp³-hybridized carbons (Fsp3) is 0.724. The van der Waals surface area contributed by atoms with Crippen molar-refractivity contribution in [3.63, 3.8) is 0 Å². The number of esters is 3. The fourth-order valence-electron chi connectivity index (χ4n) is 8.73. The Morgan fingerprint density at radius 1 is 1.17 bits per heavy atom. The lowest BCUT2D eigenvalue weighted by Crippen LogP contribution is -2.79. The summed E-state index contributed by atoms with van der Waals surface area (Å²) in [7, 11) is 1.10. The summed E-state index contributed by atoms with van der Waals surface area (Å²) in [5.74, 6) is -5.87. The number of fused-ring (bicyclic) bond motifs is 2. The predicted molar refractivity (Wildman–Crippen MR) is 141 cm³/mol. The largest absolute Gasteiger partial charge is 0.467 e. The number of aliphatic hydroxyl groups excluding tert-OH is 3. The van der Waals surface area contributed by atoms with Crippen LogP contribution in [0.3, 0.4) is 0 Å². The highest BCUT2D eigenvalue weighted by atomic mass is 16.7. The highest BCUT2D eigenvalue weighted by Crippen LogP contribution is 2.73. The Bertz CT molecular complexity index is 1270. The van der Waals surface area contributed by atoms with Crippen LogP contribution in [0.25, 0.3) is 0 Å². The van der Waals surface area contributed by atoms with Gasteiger partial charge in [0, 0.05) is 23.8 Å². The van der Waals surface area contributed by atoms with Crippen LogP contribution in [-0.4, -0.2) is 95.1 Å². The number of allylic oxidation sites excluding steroid dienone is 3. The van der Waals surface area contributed by atoms with Gasteiger partial charge in [0.25, 0.3) is 0 Å². The molecule has 0 aromatic rings. The second-order valence-electron chi connectivity index (χ2n) is 12.8. The quantitative estimate of drug-likeness (QED) is 0.183. The first-order valence-electron chi connectivity index (χ1n) is 14.1. The summed E-state index contributed by atoms with van der Waals surface area (Å²) < 4.78 is 28.4. The van der Waals surface area contributed by atoms with Crippen molar-refractivity contribution in [2.75, 3.05) is 13.7 Å². The zero-order valence-electron chi connectivity index (χ0n) is 24.5. The number of carbonyl (C=O) groups is 4. The van der Waals surface area contributed by atoms with Crippen LogP contribution in [0.5, 0.6) is 0 Å². The van der Waals surface area contributed by atoms with Crippen LogP contribution in [0.2, 0.25) is 0 Å². The van der Waals surface area contributed by atoms with Gasteiger partial charge in [-0.3, -0.25) is 4.79 Å². The molecule has 13 heteroatoms. The first-order chi connectivity index (χ1) is 19.6. The molecule has 42 heavy (non-hydrogen) atoms. The van der Waals surface area contributed by atoms with Crippen LogP contribution in [0.1, 0.15) is 47.5 Å². The van der Waals surface area contributed by atoms with Gasteiger partial charge in [0.15, 0.2) is 23.9 Å². The predicted octanol–water partition coefficient (Wildman–Crippen LogP) is -0.359. The average Bonchev–Trinajstić information content (AvgIpc) is 3.21. The van der Waals surface area contributed by atoms with Gasteiger partial charge >= 0.3 is 17.9 Å². The van der Waals surface area contributed by atoms with Crippen LogP contribution < -0.4 is 5.73 Å². The third-order valence-corrected chi connectivity index (χ3v) is 10.2. The molecule has 2 saturated heterocycles. The molecule has 12 atom stereocenters. The maximum absolute atomic E-state index is 13.5. The number of Topliss-reactive ketones (excluding diaryl/α,β-unsaturated/α-hetero) is 1. The number of aliphatic hydroxyl groups is 3. The third kappa shape index (κ3) is 3.97. The maximum Gasteiger partial charge on any atom is 0.341 e. The lowest BCUT2D eigenvalue weighted by molar-refractivity contribution is -0.348.